The number of hydrogen-bond acceptors (Lipinski definition) is 5. The molecule has 148 valence electrons. The minimum Gasteiger partial charge on any atom is -0.235 e. The van der Waals surface area contributed by atoms with Crippen molar-refractivity contribution >= 4 is 74.5 Å². The smallest absolute Gasteiger partial charge is 0.116 e. The van der Waals surface area contributed by atoms with Gasteiger partial charge in [0.05, 0.1) is 15.9 Å². The van der Waals surface area contributed by atoms with Crippen LogP contribution in [0.2, 0.25) is 0 Å². The van der Waals surface area contributed by atoms with Crippen molar-refractivity contribution in [1.29, 1.82) is 0 Å². The first-order valence-corrected chi connectivity index (χ1v) is 12.5. The van der Waals surface area contributed by atoms with Gasteiger partial charge in [0.25, 0.3) is 0 Å². The number of benzene rings is 2. The van der Waals surface area contributed by atoms with Gasteiger partial charge in [-0.15, -0.1) is 34.0 Å². The van der Waals surface area contributed by atoms with Crippen molar-refractivity contribution in [2.75, 3.05) is 0 Å². The Kier molecular flexibility index (Phi) is 3.89. The van der Waals surface area contributed by atoms with Crippen LogP contribution in [0.25, 0.3) is 51.7 Å². The minimum atomic E-state index is 0.0767. The van der Waals surface area contributed by atoms with E-state index in [2.05, 4.69) is 68.8 Å². The predicted molar refractivity (Wildman–Crippen MR) is 135 cm³/mol. The van der Waals surface area contributed by atoms with Gasteiger partial charge in [0.1, 0.15) is 6.33 Å². The van der Waals surface area contributed by atoms with E-state index in [4.69, 9.17) is 9.97 Å². The summed E-state index contributed by atoms with van der Waals surface area (Å²) in [6.07, 6.45) is 1.72. The molecule has 2 aromatic carbocycles. The number of rotatable bonds is 1. The Morgan fingerprint density at radius 3 is 2.53 bits per heavy atom. The lowest BCUT2D eigenvalue weighted by atomic mass is 9.85. The van der Waals surface area contributed by atoms with Crippen molar-refractivity contribution in [1.82, 2.24) is 9.97 Å². The van der Waals surface area contributed by atoms with Crippen LogP contribution >= 0.6 is 34.0 Å². The first-order chi connectivity index (χ1) is 14.4. The molecule has 0 saturated heterocycles. The average Bonchev–Trinajstić information content (AvgIpc) is 3.41. The SMILES string of the molecule is Cc1csc2cc3c(cc12)sc1c(-c2cc(C(C)(C)C)c4sccc4c2)ncnc13. The molecule has 4 heterocycles. The Morgan fingerprint density at radius 1 is 0.867 bits per heavy atom. The highest BCUT2D eigenvalue weighted by molar-refractivity contribution is 7.26. The summed E-state index contributed by atoms with van der Waals surface area (Å²) in [4.78, 5) is 9.47. The van der Waals surface area contributed by atoms with Crippen molar-refractivity contribution in [2.45, 2.75) is 33.1 Å². The molecule has 0 amide bonds. The third kappa shape index (κ3) is 2.66. The molecular weight excluding hydrogens is 424 g/mol. The summed E-state index contributed by atoms with van der Waals surface area (Å²) in [6.45, 7) is 9.05. The molecule has 6 rings (SSSR count). The van der Waals surface area contributed by atoms with Gasteiger partial charge in [0.15, 0.2) is 0 Å². The molecule has 0 aliphatic carbocycles. The van der Waals surface area contributed by atoms with Crippen LogP contribution in [-0.2, 0) is 5.41 Å². The Morgan fingerprint density at radius 2 is 1.70 bits per heavy atom. The maximum absolute atomic E-state index is 4.77. The summed E-state index contributed by atoms with van der Waals surface area (Å²) in [5, 5.41) is 8.31. The van der Waals surface area contributed by atoms with Crippen molar-refractivity contribution < 1.29 is 0 Å². The lowest BCUT2D eigenvalue weighted by Crippen LogP contribution is -2.11. The zero-order valence-electron chi connectivity index (χ0n) is 17.2. The Bertz CT molecular complexity index is 1590. The first kappa shape index (κ1) is 18.4. The van der Waals surface area contributed by atoms with E-state index < -0.39 is 0 Å². The van der Waals surface area contributed by atoms with E-state index in [1.165, 1.54) is 51.6 Å². The number of aromatic nitrogens is 2. The van der Waals surface area contributed by atoms with Crippen molar-refractivity contribution in [2.24, 2.45) is 0 Å². The van der Waals surface area contributed by atoms with Crippen LogP contribution in [0.4, 0.5) is 0 Å². The van der Waals surface area contributed by atoms with Gasteiger partial charge >= 0.3 is 0 Å². The van der Waals surface area contributed by atoms with Crippen LogP contribution in [0.5, 0.6) is 0 Å². The molecule has 0 saturated carbocycles. The van der Waals surface area contributed by atoms with Gasteiger partial charge in [-0.25, -0.2) is 9.97 Å². The van der Waals surface area contributed by atoms with E-state index >= 15 is 0 Å². The van der Waals surface area contributed by atoms with E-state index in [0.717, 1.165) is 11.2 Å². The summed E-state index contributed by atoms with van der Waals surface area (Å²) in [7, 11) is 0. The average molecular weight is 445 g/mol. The van der Waals surface area contributed by atoms with Gasteiger partial charge in [0, 0.05) is 25.0 Å². The third-order valence-electron chi connectivity index (χ3n) is 5.77. The van der Waals surface area contributed by atoms with E-state index in [9.17, 15) is 0 Å². The van der Waals surface area contributed by atoms with Crippen molar-refractivity contribution in [3.8, 4) is 11.3 Å². The van der Waals surface area contributed by atoms with Crippen LogP contribution in [0.1, 0.15) is 31.9 Å². The molecule has 0 bridgehead atoms. The van der Waals surface area contributed by atoms with Crippen LogP contribution in [0.3, 0.4) is 0 Å². The maximum atomic E-state index is 4.77. The van der Waals surface area contributed by atoms with Gasteiger partial charge in [-0.3, -0.25) is 0 Å². The molecule has 0 N–H and O–H groups in total. The van der Waals surface area contributed by atoms with Gasteiger partial charge in [-0.1, -0.05) is 20.8 Å². The van der Waals surface area contributed by atoms with Crippen LogP contribution in [0.15, 0.2) is 47.4 Å². The van der Waals surface area contributed by atoms with E-state index in [0.29, 0.717) is 0 Å². The predicted octanol–water partition coefficient (Wildman–Crippen LogP) is 8.55. The fourth-order valence-corrected chi connectivity index (χ4v) is 7.46. The Balaban J connectivity index is 1.68. The summed E-state index contributed by atoms with van der Waals surface area (Å²) < 4.78 is 5.17. The molecule has 30 heavy (non-hydrogen) atoms. The fraction of sp³-hybridized carbons (Fsp3) is 0.200. The summed E-state index contributed by atoms with van der Waals surface area (Å²) in [6, 6.07) is 11.5. The molecule has 5 heteroatoms. The second-order valence-electron chi connectivity index (χ2n) is 8.88. The summed E-state index contributed by atoms with van der Waals surface area (Å²) >= 11 is 5.45. The Hall–Kier alpha value is -2.34. The van der Waals surface area contributed by atoms with Gasteiger partial charge < -0.3 is 0 Å². The zero-order valence-corrected chi connectivity index (χ0v) is 19.7. The minimum absolute atomic E-state index is 0.0767. The second-order valence-corrected chi connectivity index (χ2v) is 11.8. The molecule has 0 radical (unpaired) electrons. The number of nitrogens with zero attached hydrogens (tertiary/aromatic N) is 2. The summed E-state index contributed by atoms with van der Waals surface area (Å²) in [5.41, 5.74) is 6.10. The van der Waals surface area contributed by atoms with E-state index in [1.807, 2.05) is 34.0 Å². The first-order valence-electron chi connectivity index (χ1n) is 9.97. The highest BCUT2D eigenvalue weighted by Crippen LogP contribution is 2.43. The van der Waals surface area contributed by atoms with E-state index in [-0.39, 0.29) is 5.41 Å². The second kappa shape index (κ2) is 6.33. The number of aryl methyl sites for hydroxylation is 1. The molecule has 0 atom stereocenters. The normalized spacial score (nSPS) is 12.7. The monoisotopic (exact) mass is 444 g/mol. The molecular formula is C25H20N2S3. The number of fused-ring (bicyclic) bond motifs is 5. The molecule has 0 aliphatic rings. The maximum Gasteiger partial charge on any atom is 0.116 e. The summed E-state index contributed by atoms with van der Waals surface area (Å²) in [5.74, 6) is 0. The largest absolute Gasteiger partial charge is 0.235 e. The van der Waals surface area contributed by atoms with E-state index in [1.54, 1.807) is 6.33 Å². The van der Waals surface area contributed by atoms with Crippen LogP contribution < -0.4 is 0 Å². The highest BCUT2D eigenvalue weighted by atomic mass is 32.1. The lowest BCUT2D eigenvalue weighted by molar-refractivity contribution is 0.597. The van der Waals surface area contributed by atoms with Gasteiger partial charge in [-0.05, 0) is 75.3 Å². The quantitative estimate of drug-likeness (QED) is 0.254. The molecule has 2 nitrogen and oxygen atoms in total. The molecule has 4 aromatic heterocycles. The van der Waals surface area contributed by atoms with Crippen LogP contribution in [0, 0.1) is 6.92 Å². The van der Waals surface area contributed by atoms with Crippen LogP contribution in [-0.4, -0.2) is 9.97 Å². The third-order valence-corrected chi connectivity index (χ3v) is 8.95. The number of thiophene rings is 3. The molecule has 0 spiro atoms. The van der Waals surface area contributed by atoms with Gasteiger partial charge in [-0.2, -0.15) is 0 Å². The molecule has 0 fully saturated rings. The zero-order chi connectivity index (χ0) is 20.6. The topological polar surface area (TPSA) is 25.8 Å². The Labute approximate surface area is 186 Å². The standard InChI is InChI=1S/C25H20N2S3/c1-13-11-29-19-10-17-20(9-16(13)19)30-24-21(26-12-27-22(17)24)15-7-14-5-6-28-23(14)18(8-15)25(2,3)4/h5-12H,1-4H3. The fourth-order valence-electron chi connectivity index (χ4n) is 4.20. The van der Waals surface area contributed by atoms with Crippen molar-refractivity contribution in [3.05, 3.63) is 58.5 Å². The number of hydrogen-bond donors (Lipinski definition) is 0. The molecule has 6 aromatic rings. The highest BCUT2D eigenvalue weighted by Gasteiger charge is 2.21. The van der Waals surface area contributed by atoms with Gasteiger partial charge in [0.2, 0.25) is 0 Å². The lowest BCUT2D eigenvalue weighted by Gasteiger charge is -2.21. The van der Waals surface area contributed by atoms with Crippen molar-refractivity contribution in [3.63, 3.8) is 0 Å². The molecule has 0 unspecified atom stereocenters. The molecule has 0 aliphatic heterocycles.